The first-order chi connectivity index (χ1) is 32.4. The number of aryl methyl sites for hydroxylation is 1. The summed E-state index contributed by atoms with van der Waals surface area (Å²) in [5.74, 6) is 0.310. The molecule has 2 unspecified atom stereocenters. The lowest BCUT2D eigenvalue weighted by Gasteiger charge is -2.13. The van der Waals surface area contributed by atoms with Crippen molar-refractivity contribution in [3.63, 3.8) is 0 Å². The zero-order valence-electron chi connectivity index (χ0n) is 38.3. The topological polar surface area (TPSA) is 161 Å². The molecular weight excluding hydrogens is 861 g/mol. The fourth-order valence-electron chi connectivity index (χ4n) is 6.48. The molecule has 0 heterocycles. The monoisotopic (exact) mass is 912 g/mol. The molecule has 6 aromatic carbocycles. The number of hydrogen-bond acceptors (Lipinski definition) is 14. The van der Waals surface area contributed by atoms with E-state index in [1.807, 2.05) is 39.0 Å². The van der Waals surface area contributed by atoms with Gasteiger partial charge in [-0.25, -0.2) is 19.2 Å². The molecular formula is C53H52O14. The van der Waals surface area contributed by atoms with Crippen molar-refractivity contribution >= 4 is 23.9 Å². The van der Waals surface area contributed by atoms with Crippen molar-refractivity contribution in [2.24, 2.45) is 0 Å². The number of carbonyl (C=O) groups excluding carboxylic acids is 4. The third-order valence-electron chi connectivity index (χ3n) is 10.6. The van der Waals surface area contributed by atoms with E-state index in [1.54, 1.807) is 74.9 Å². The fourth-order valence-corrected chi connectivity index (χ4v) is 6.48. The number of hydrogen-bond donors (Lipinski definition) is 0. The Hall–Kier alpha value is -7.68. The maximum Gasteiger partial charge on any atom is 0.347 e. The summed E-state index contributed by atoms with van der Waals surface area (Å²) in [6, 6.07) is 34.0. The lowest BCUT2D eigenvalue weighted by molar-refractivity contribution is 0.0717. The molecule has 0 spiro atoms. The summed E-state index contributed by atoms with van der Waals surface area (Å²) >= 11 is 0. The van der Waals surface area contributed by atoms with Gasteiger partial charge in [-0.3, -0.25) is 0 Å². The highest BCUT2D eigenvalue weighted by molar-refractivity contribution is 5.96. The van der Waals surface area contributed by atoms with Crippen molar-refractivity contribution in [2.75, 3.05) is 41.7 Å². The number of esters is 4. The molecule has 14 heteroatoms. The molecule has 0 N–H and O–H groups in total. The van der Waals surface area contributed by atoms with Gasteiger partial charge >= 0.3 is 23.9 Å². The highest BCUT2D eigenvalue weighted by atomic mass is 16.6. The van der Waals surface area contributed by atoms with Gasteiger partial charge in [0.15, 0.2) is 0 Å². The highest BCUT2D eigenvalue weighted by Crippen LogP contribution is 2.31. The second kappa shape index (κ2) is 23.5. The van der Waals surface area contributed by atoms with Crippen LogP contribution in [0.5, 0.6) is 46.0 Å². The van der Waals surface area contributed by atoms with E-state index in [0.29, 0.717) is 60.6 Å². The number of rotatable bonds is 21. The van der Waals surface area contributed by atoms with Crippen molar-refractivity contribution in [1.29, 1.82) is 0 Å². The molecule has 0 amide bonds. The Morgan fingerprint density at radius 3 is 1.21 bits per heavy atom. The standard InChI is InChI=1S/C53H52O14/c1-33-30-44(67-51(55)38-12-18-41(19-13-38)66-53(57)47-25-21-43(32-49(47)61-7)63-29-27-35(3)59-5)22-23-45(33)36-8-14-39(15-9-36)64-50(54)37-10-16-40(17-11-37)65-52(56)46-24-20-42(31-48(46)60-6)62-28-26-34(2)58-4/h8-25,30-32,34-35H,26-29H2,1-7H3. The van der Waals surface area contributed by atoms with Gasteiger partial charge in [-0.2, -0.15) is 0 Å². The summed E-state index contributed by atoms with van der Waals surface area (Å²) in [5, 5.41) is 0. The van der Waals surface area contributed by atoms with Gasteiger partial charge in [0, 0.05) is 39.2 Å². The molecule has 14 nitrogen and oxygen atoms in total. The van der Waals surface area contributed by atoms with Crippen LogP contribution in [-0.2, 0) is 9.47 Å². The largest absolute Gasteiger partial charge is 0.496 e. The smallest absolute Gasteiger partial charge is 0.347 e. The molecule has 6 rings (SSSR count). The quantitative estimate of drug-likeness (QED) is 0.0495. The first-order valence-electron chi connectivity index (χ1n) is 21.3. The van der Waals surface area contributed by atoms with Crippen LogP contribution in [0.25, 0.3) is 11.1 Å². The zero-order chi connectivity index (χ0) is 47.9. The molecule has 0 radical (unpaired) electrons. The second-order valence-electron chi connectivity index (χ2n) is 15.2. The Kier molecular flexibility index (Phi) is 17.1. The Morgan fingerprint density at radius 1 is 0.433 bits per heavy atom. The van der Waals surface area contributed by atoms with Crippen LogP contribution in [0.4, 0.5) is 0 Å². The molecule has 0 aliphatic heterocycles. The third-order valence-corrected chi connectivity index (χ3v) is 10.6. The molecule has 0 saturated carbocycles. The van der Waals surface area contributed by atoms with Crippen LogP contribution in [0, 0.1) is 6.92 Å². The van der Waals surface area contributed by atoms with Crippen molar-refractivity contribution < 1.29 is 66.5 Å². The lowest BCUT2D eigenvalue weighted by Crippen LogP contribution is -2.12. The maximum absolute atomic E-state index is 13.1. The minimum Gasteiger partial charge on any atom is -0.496 e. The van der Waals surface area contributed by atoms with E-state index in [0.717, 1.165) is 16.7 Å². The zero-order valence-corrected chi connectivity index (χ0v) is 38.3. The fraction of sp³-hybridized carbons (Fsp3) is 0.245. The molecule has 0 fully saturated rings. The highest BCUT2D eigenvalue weighted by Gasteiger charge is 2.19. The van der Waals surface area contributed by atoms with Crippen molar-refractivity contribution in [1.82, 2.24) is 0 Å². The molecule has 0 aliphatic carbocycles. The van der Waals surface area contributed by atoms with Gasteiger partial charge in [0.05, 0.1) is 50.8 Å². The second-order valence-corrected chi connectivity index (χ2v) is 15.2. The maximum atomic E-state index is 13.1. The average molecular weight is 913 g/mol. The van der Waals surface area contributed by atoms with Crippen LogP contribution in [0.3, 0.4) is 0 Å². The first-order valence-corrected chi connectivity index (χ1v) is 21.3. The summed E-state index contributed by atoms with van der Waals surface area (Å²) in [6.07, 6.45) is 1.50. The van der Waals surface area contributed by atoms with Crippen molar-refractivity contribution in [3.05, 3.63) is 155 Å². The Labute approximate surface area is 389 Å². The van der Waals surface area contributed by atoms with Gasteiger partial charge in [0.1, 0.15) is 57.1 Å². The molecule has 348 valence electrons. The average Bonchev–Trinajstić information content (AvgIpc) is 3.34. The number of methoxy groups -OCH3 is 4. The van der Waals surface area contributed by atoms with E-state index in [-0.39, 0.29) is 46.0 Å². The van der Waals surface area contributed by atoms with Gasteiger partial charge in [-0.15, -0.1) is 0 Å². The first kappa shape index (κ1) is 48.8. The predicted octanol–water partition coefficient (Wildman–Crippen LogP) is 10.2. The summed E-state index contributed by atoms with van der Waals surface area (Å²) in [6.45, 7) is 6.66. The summed E-state index contributed by atoms with van der Waals surface area (Å²) in [5.41, 5.74) is 3.47. The molecule has 67 heavy (non-hydrogen) atoms. The van der Waals surface area contributed by atoms with Crippen molar-refractivity contribution in [3.8, 4) is 57.1 Å². The third kappa shape index (κ3) is 13.4. The Morgan fingerprint density at radius 2 is 0.806 bits per heavy atom. The van der Waals surface area contributed by atoms with E-state index in [9.17, 15) is 19.2 Å². The van der Waals surface area contributed by atoms with Crippen molar-refractivity contribution in [2.45, 2.75) is 45.8 Å². The van der Waals surface area contributed by atoms with E-state index in [1.165, 1.54) is 62.8 Å². The predicted molar refractivity (Wildman–Crippen MR) is 248 cm³/mol. The van der Waals surface area contributed by atoms with E-state index >= 15 is 0 Å². The molecule has 6 aromatic rings. The van der Waals surface area contributed by atoms with E-state index in [4.69, 9.17) is 47.4 Å². The summed E-state index contributed by atoms with van der Waals surface area (Å²) in [7, 11) is 6.19. The van der Waals surface area contributed by atoms with Crippen LogP contribution >= 0.6 is 0 Å². The molecule has 0 bridgehead atoms. The van der Waals surface area contributed by atoms with Crippen LogP contribution < -0.4 is 37.9 Å². The van der Waals surface area contributed by atoms with Gasteiger partial charge in [-0.05, 0) is 135 Å². The molecule has 0 saturated heterocycles. The van der Waals surface area contributed by atoms with E-state index in [2.05, 4.69) is 0 Å². The van der Waals surface area contributed by atoms with E-state index < -0.39 is 23.9 Å². The Bertz CT molecular complexity index is 2640. The van der Waals surface area contributed by atoms with Gasteiger partial charge in [0.2, 0.25) is 0 Å². The van der Waals surface area contributed by atoms with Crippen LogP contribution in [0.1, 0.15) is 73.7 Å². The SMILES string of the molecule is COc1cc(OCCC(C)OC)ccc1C(=O)Oc1ccc(C(=O)Oc2ccc(-c3ccc(OC(=O)c4ccc(OC(=O)c5ccc(OCCC(C)OC)cc5OC)cc4)cc3C)cc2)cc1. The van der Waals surface area contributed by atoms with Gasteiger partial charge in [-0.1, -0.05) is 18.2 Å². The Balaban J connectivity index is 0.982. The van der Waals surface area contributed by atoms with Crippen LogP contribution in [-0.4, -0.2) is 77.7 Å². The van der Waals surface area contributed by atoms with Crippen LogP contribution in [0.2, 0.25) is 0 Å². The summed E-state index contributed by atoms with van der Waals surface area (Å²) in [4.78, 5) is 52.1. The van der Waals surface area contributed by atoms with Gasteiger partial charge in [0.25, 0.3) is 0 Å². The molecule has 0 aliphatic rings. The lowest BCUT2D eigenvalue weighted by atomic mass is 10.0. The minimum absolute atomic E-state index is 0.0517. The number of ether oxygens (including phenoxy) is 10. The number of benzene rings is 6. The van der Waals surface area contributed by atoms with Gasteiger partial charge < -0.3 is 47.4 Å². The summed E-state index contributed by atoms with van der Waals surface area (Å²) < 4.78 is 55.2. The number of carbonyl (C=O) groups is 4. The van der Waals surface area contributed by atoms with Crippen LogP contribution in [0.15, 0.2) is 127 Å². The molecule has 0 aromatic heterocycles. The molecule has 2 atom stereocenters. The minimum atomic E-state index is -0.640. The normalized spacial score (nSPS) is 11.7.